The van der Waals surface area contributed by atoms with Gasteiger partial charge in [0.25, 0.3) is 0 Å². The van der Waals surface area contributed by atoms with Gasteiger partial charge in [0, 0.05) is 22.8 Å². The molecule has 3 rings (SSSR count). The first-order valence-corrected chi connectivity index (χ1v) is 11.2. The molecule has 0 saturated heterocycles. The summed E-state index contributed by atoms with van der Waals surface area (Å²) in [6.45, 7) is -0.448. The van der Waals surface area contributed by atoms with Gasteiger partial charge in [-0.05, 0) is 42.0 Å². The molecule has 0 radical (unpaired) electrons. The first-order chi connectivity index (χ1) is 14.3. The van der Waals surface area contributed by atoms with Gasteiger partial charge >= 0.3 is 0 Å². The zero-order chi connectivity index (χ0) is 21.7. The van der Waals surface area contributed by atoms with Crippen molar-refractivity contribution in [2.24, 2.45) is 0 Å². The minimum atomic E-state index is -4.04. The standard InChI is InChI=1S/C19H16Cl3N3O4S/c20-14-4-3-13(17(21)8-14)9-24-19(26)12-25(11-15-2-1-7-29-15)30(27,28)16-5-6-18(22)23-10-16/h1-8,10H,9,11-12H2,(H,24,26). The van der Waals surface area contributed by atoms with Gasteiger partial charge in [-0.15, -0.1) is 0 Å². The molecule has 1 aromatic carbocycles. The topological polar surface area (TPSA) is 92.5 Å². The molecule has 0 unspecified atom stereocenters. The molecule has 1 N–H and O–H groups in total. The van der Waals surface area contributed by atoms with Gasteiger partial charge < -0.3 is 9.73 Å². The van der Waals surface area contributed by atoms with Crippen molar-refractivity contribution >= 4 is 50.7 Å². The number of sulfonamides is 1. The van der Waals surface area contributed by atoms with Crippen molar-refractivity contribution in [2.45, 2.75) is 18.0 Å². The lowest BCUT2D eigenvalue weighted by atomic mass is 10.2. The van der Waals surface area contributed by atoms with Crippen LogP contribution in [-0.2, 0) is 27.9 Å². The molecule has 11 heteroatoms. The second kappa shape index (κ2) is 9.80. The monoisotopic (exact) mass is 487 g/mol. The Kier molecular flexibility index (Phi) is 7.38. The molecule has 2 aromatic heterocycles. The van der Waals surface area contributed by atoms with Gasteiger partial charge in [-0.3, -0.25) is 4.79 Å². The van der Waals surface area contributed by atoms with Crippen LogP contribution in [0.2, 0.25) is 15.2 Å². The normalized spacial score (nSPS) is 11.6. The summed E-state index contributed by atoms with van der Waals surface area (Å²) in [5, 5.41) is 3.69. The van der Waals surface area contributed by atoms with E-state index in [1.807, 2.05) is 0 Å². The number of nitrogens with one attached hydrogen (secondary N) is 1. The Bertz CT molecular complexity index is 1120. The number of nitrogens with zero attached hydrogens (tertiary/aromatic N) is 2. The van der Waals surface area contributed by atoms with Gasteiger partial charge in [0.15, 0.2) is 0 Å². The fraction of sp³-hybridized carbons (Fsp3) is 0.158. The summed E-state index contributed by atoms with van der Waals surface area (Å²) in [4.78, 5) is 16.2. The maximum Gasteiger partial charge on any atom is 0.245 e. The summed E-state index contributed by atoms with van der Waals surface area (Å²) in [7, 11) is -4.04. The van der Waals surface area contributed by atoms with Gasteiger partial charge in [-0.2, -0.15) is 4.31 Å². The Morgan fingerprint density at radius 1 is 1.13 bits per heavy atom. The number of aromatic nitrogens is 1. The Labute approximate surface area is 188 Å². The lowest BCUT2D eigenvalue weighted by Crippen LogP contribution is -2.40. The SMILES string of the molecule is O=C(CN(Cc1ccco1)S(=O)(=O)c1ccc(Cl)nc1)NCc1ccc(Cl)cc1Cl. The predicted octanol–water partition coefficient (Wildman–Crippen LogP) is 4.14. The van der Waals surface area contributed by atoms with Gasteiger partial charge in [-0.25, -0.2) is 13.4 Å². The number of pyridine rings is 1. The average molecular weight is 489 g/mol. The second-order valence-electron chi connectivity index (χ2n) is 6.18. The van der Waals surface area contributed by atoms with Gasteiger partial charge in [-0.1, -0.05) is 40.9 Å². The summed E-state index contributed by atoms with van der Waals surface area (Å²) in [5.74, 6) is -0.132. The van der Waals surface area contributed by atoms with E-state index in [1.54, 1.807) is 30.3 Å². The van der Waals surface area contributed by atoms with Crippen LogP contribution in [0, 0.1) is 0 Å². The van der Waals surface area contributed by atoms with Gasteiger partial charge in [0.2, 0.25) is 15.9 Å². The van der Waals surface area contributed by atoms with E-state index in [0.29, 0.717) is 21.4 Å². The van der Waals surface area contributed by atoms with Crippen LogP contribution in [-0.4, -0.2) is 30.2 Å². The van der Waals surface area contributed by atoms with E-state index in [1.165, 1.54) is 18.4 Å². The lowest BCUT2D eigenvalue weighted by Gasteiger charge is -2.21. The first kappa shape index (κ1) is 22.6. The van der Waals surface area contributed by atoms with E-state index < -0.39 is 22.5 Å². The van der Waals surface area contributed by atoms with E-state index in [2.05, 4.69) is 10.3 Å². The van der Waals surface area contributed by atoms with Crippen LogP contribution < -0.4 is 5.32 Å². The smallest absolute Gasteiger partial charge is 0.245 e. The van der Waals surface area contributed by atoms with Crippen molar-refractivity contribution in [1.29, 1.82) is 0 Å². The highest BCUT2D eigenvalue weighted by molar-refractivity contribution is 7.89. The summed E-state index contributed by atoms with van der Waals surface area (Å²) in [6, 6.07) is 10.8. The number of hydrogen-bond acceptors (Lipinski definition) is 5. The summed E-state index contributed by atoms with van der Waals surface area (Å²) in [6.07, 6.45) is 2.56. The zero-order valence-corrected chi connectivity index (χ0v) is 18.5. The van der Waals surface area contributed by atoms with Crippen molar-refractivity contribution in [1.82, 2.24) is 14.6 Å². The maximum absolute atomic E-state index is 13.1. The van der Waals surface area contributed by atoms with E-state index in [9.17, 15) is 13.2 Å². The number of furan rings is 1. The summed E-state index contributed by atoms with van der Waals surface area (Å²) >= 11 is 17.7. The maximum atomic E-state index is 13.1. The molecule has 0 atom stereocenters. The van der Waals surface area contributed by atoms with Crippen molar-refractivity contribution in [3.63, 3.8) is 0 Å². The van der Waals surface area contributed by atoms with Crippen LogP contribution in [0.3, 0.4) is 0 Å². The molecule has 1 amide bonds. The molecule has 3 aromatic rings. The molecule has 0 aliphatic carbocycles. The highest BCUT2D eigenvalue weighted by atomic mass is 35.5. The van der Waals surface area contributed by atoms with E-state index >= 15 is 0 Å². The predicted molar refractivity (Wildman–Crippen MR) is 114 cm³/mol. The van der Waals surface area contributed by atoms with Crippen molar-refractivity contribution in [2.75, 3.05) is 6.54 Å². The lowest BCUT2D eigenvalue weighted by molar-refractivity contribution is -0.121. The Balaban J connectivity index is 1.76. The highest BCUT2D eigenvalue weighted by Crippen LogP contribution is 2.21. The average Bonchev–Trinajstić information content (AvgIpc) is 3.20. The van der Waals surface area contributed by atoms with Crippen LogP contribution in [0.5, 0.6) is 0 Å². The highest BCUT2D eigenvalue weighted by Gasteiger charge is 2.28. The minimum absolute atomic E-state index is 0.0907. The minimum Gasteiger partial charge on any atom is -0.468 e. The van der Waals surface area contributed by atoms with Gasteiger partial charge in [0.05, 0.1) is 19.4 Å². The zero-order valence-electron chi connectivity index (χ0n) is 15.4. The number of amides is 1. The molecule has 0 aliphatic rings. The number of hydrogen-bond donors (Lipinski definition) is 1. The fourth-order valence-electron chi connectivity index (χ4n) is 2.54. The number of carbonyl (C=O) groups is 1. The molecule has 0 saturated carbocycles. The molecule has 0 aliphatic heterocycles. The van der Waals surface area contributed by atoms with Crippen molar-refractivity contribution in [3.8, 4) is 0 Å². The van der Waals surface area contributed by atoms with Crippen LogP contribution in [0.25, 0.3) is 0 Å². The summed E-state index contributed by atoms with van der Waals surface area (Å²) < 4.78 is 32.4. The van der Waals surface area contributed by atoms with E-state index in [0.717, 1.165) is 10.5 Å². The summed E-state index contributed by atoms with van der Waals surface area (Å²) in [5.41, 5.74) is 0.650. The van der Waals surface area contributed by atoms with E-state index in [4.69, 9.17) is 39.2 Å². The molecule has 30 heavy (non-hydrogen) atoms. The van der Waals surface area contributed by atoms with Crippen molar-refractivity contribution in [3.05, 3.63) is 81.4 Å². The molecule has 158 valence electrons. The first-order valence-electron chi connectivity index (χ1n) is 8.60. The molecule has 0 spiro atoms. The molecular formula is C19H16Cl3N3O4S. The van der Waals surface area contributed by atoms with Crippen LogP contribution >= 0.6 is 34.8 Å². The van der Waals surface area contributed by atoms with E-state index in [-0.39, 0.29) is 23.1 Å². The number of carbonyl (C=O) groups excluding carboxylic acids is 1. The largest absolute Gasteiger partial charge is 0.468 e. The third kappa shape index (κ3) is 5.74. The molecule has 0 bridgehead atoms. The second-order valence-corrected chi connectivity index (χ2v) is 9.35. The quantitative estimate of drug-likeness (QED) is 0.481. The Morgan fingerprint density at radius 2 is 1.93 bits per heavy atom. The van der Waals surface area contributed by atoms with Crippen LogP contribution in [0.4, 0.5) is 0 Å². The molecule has 7 nitrogen and oxygen atoms in total. The molecular weight excluding hydrogens is 473 g/mol. The van der Waals surface area contributed by atoms with Crippen LogP contribution in [0.15, 0.2) is 64.2 Å². The third-order valence-electron chi connectivity index (χ3n) is 4.06. The number of benzene rings is 1. The third-order valence-corrected chi connectivity index (χ3v) is 6.65. The fourth-order valence-corrected chi connectivity index (χ4v) is 4.44. The number of rotatable bonds is 8. The Hall–Kier alpha value is -2.10. The van der Waals surface area contributed by atoms with Crippen LogP contribution in [0.1, 0.15) is 11.3 Å². The van der Waals surface area contributed by atoms with Crippen molar-refractivity contribution < 1.29 is 17.6 Å². The molecule has 2 heterocycles. The number of halogens is 3. The Morgan fingerprint density at radius 3 is 2.57 bits per heavy atom. The van der Waals surface area contributed by atoms with Gasteiger partial charge in [0.1, 0.15) is 15.8 Å². The molecule has 0 fully saturated rings.